The van der Waals surface area contributed by atoms with Crippen LogP contribution in [0.2, 0.25) is 0 Å². The van der Waals surface area contributed by atoms with Gasteiger partial charge in [0.2, 0.25) is 11.8 Å². The number of aromatic nitrogens is 4. The van der Waals surface area contributed by atoms with Crippen LogP contribution in [-0.4, -0.2) is 33.2 Å². The minimum absolute atomic E-state index is 0.290. The van der Waals surface area contributed by atoms with Gasteiger partial charge in [0.25, 0.3) is 0 Å². The van der Waals surface area contributed by atoms with Gasteiger partial charge in [-0.05, 0) is 30.2 Å². The van der Waals surface area contributed by atoms with Gasteiger partial charge in [0.05, 0.1) is 13.4 Å². The van der Waals surface area contributed by atoms with Crippen LogP contribution in [0.1, 0.15) is 11.1 Å². The summed E-state index contributed by atoms with van der Waals surface area (Å²) in [5.74, 6) is 3.04. The first kappa shape index (κ1) is 15.7. The lowest BCUT2D eigenvalue weighted by Crippen LogP contribution is -2.31. The summed E-state index contributed by atoms with van der Waals surface area (Å²) in [6.07, 6.45) is 2.51. The van der Waals surface area contributed by atoms with Crippen LogP contribution in [0.3, 0.4) is 0 Å². The molecule has 8 heteroatoms. The van der Waals surface area contributed by atoms with Crippen molar-refractivity contribution in [3.05, 3.63) is 53.8 Å². The molecule has 0 amide bonds. The normalized spacial score (nSPS) is 13.7. The first-order valence-electron chi connectivity index (χ1n) is 8.70. The highest BCUT2D eigenvalue weighted by atomic mass is 16.5. The van der Waals surface area contributed by atoms with E-state index in [-0.39, 0.29) is 0 Å². The molecule has 27 heavy (non-hydrogen) atoms. The molecule has 5 rings (SSSR count). The van der Waals surface area contributed by atoms with E-state index in [1.165, 1.54) is 15.6 Å². The molecule has 0 aliphatic carbocycles. The molecular formula is C19H18N6O2. The van der Waals surface area contributed by atoms with E-state index in [1.54, 1.807) is 19.4 Å². The third-order valence-corrected chi connectivity index (χ3v) is 4.85. The number of fused-ring (bicyclic) bond motifs is 2. The number of hydrogen-bond acceptors (Lipinski definition) is 7. The molecule has 3 aromatic heterocycles. The molecule has 4 heterocycles. The Morgan fingerprint density at radius 2 is 2.11 bits per heavy atom. The van der Waals surface area contributed by atoms with E-state index in [9.17, 15) is 0 Å². The summed E-state index contributed by atoms with van der Waals surface area (Å²) in [6.45, 7) is 1.56. The lowest BCUT2D eigenvalue weighted by atomic mass is 9.99. The minimum Gasteiger partial charge on any atom is -0.496 e. The fourth-order valence-electron chi connectivity index (χ4n) is 3.51. The number of nitrogen functional groups attached to an aromatic ring is 1. The SMILES string of the molecule is COc1cccc2c1CN(c1cc3nc(-c4ccco4)nn3c(N)n1)CC2. The van der Waals surface area contributed by atoms with Crippen molar-refractivity contribution in [2.45, 2.75) is 13.0 Å². The summed E-state index contributed by atoms with van der Waals surface area (Å²) >= 11 is 0. The summed E-state index contributed by atoms with van der Waals surface area (Å²) in [7, 11) is 1.70. The number of methoxy groups -OCH3 is 1. The largest absolute Gasteiger partial charge is 0.496 e. The van der Waals surface area contributed by atoms with Crippen LogP contribution in [0.4, 0.5) is 11.8 Å². The number of benzene rings is 1. The fourth-order valence-corrected chi connectivity index (χ4v) is 3.51. The standard InChI is InChI=1S/C19H18N6O2/c1-26-14-5-2-4-12-7-8-24(11-13(12)14)16-10-17-21-18(15-6-3-9-27-15)23-25(17)19(20)22-16/h2-6,9-10H,7-8,11H2,1H3,(H2,20,22). The number of anilines is 2. The maximum absolute atomic E-state index is 6.15. The zero-order valence-corrected chi connectivity index (χ0v) is 14.8. The first-order valence-corrected chi connectivity index (χ1v) is 8.70. The highest BCUT2D eigenvalue weighted by Crippen LogP contribution is 2.31. The molecule has 0 fully saturated rings. The number of rotatable bonds is 3. The zero-order chi connectivity index (χ0) is 18.4. The van der Waals surface area contributed by atoms with Gasteiger partial charge in [0.15, 0.2) is 11.4 Å². The van der Waals surface area contributed by atoms with Gasteiger partial charge >= 0.3 is 0 Å². The lowest BCUT2D eigenvalue weighted by Gasteiger charge is -2.30. The molecular weight excluding hydrogens is 344 g/mol. The van der Waals surface area contributed by atoms with Crippen molar-refractivity contribution < 1.29 is 9.15 Å². The first-order chi connectivity index (χ1) is 13.2. The van der Waals surface area contributed by atoms with Crippen LogP contribution in [0.15, 0.2) is 47.1 Å². The van der Waals surface area contributed by atoms with E-state index >= 15 is 0 Å². The Morgan fingerprint density at radius 3 is 2.93 bits per heavy atom. The fraction of sp³-hybridized carbons (Fsp3) is 0.211. The maximum Gasteiger partial charge on any atom is 0.225 e. The van der Waals surface area contributed by atoms with E-state index in [2.05, 4.69) is 26.0 Å². The van der Waals surface area contributed by atoms with Crippen LogP contribution in [0.5, 0.6) is 5.75 Å². The van der Waals surface area contributed by atoms with Gasteiger partial charge in [-0.1, -0.05) is 12.1 Å². The molecule has 1 aliphatic heterocycles. The molecule has 1 aromatic carbocycles. The highest BCUT2D eigenvalue weighted by Gasteiger charge is 2.22. The van der Waals surface area contributed by atoms with Gasteiger partial charge in [0.1, 0.15) is 11.6 Å². The van der Waals surface area contributed by atoms with Crippen molar-refractivity contribution in [1.29, 1.82) is 0 Å². The van der Waals surface area contributed by atoms with Crippen molar-refractivity contribution in [2.24, 2.45) is 0 Å². The average Bonchev–Trinajstić information content (AvgIpc) is 3.36. The Hall–Kier alpha value is -3.55. The van der Waals surface area contributed by atoms with Crippen molar-refractivity contribution in [3.8, 4) is 17.3 Å². The second kappa shape index (κ2) is 6.01. The molecule has 0 atom stereocenters. The van der Waals surface area contributed by atoms with Crippen LogP contribution in [-0.2, 0) is 13.0 Å². The van der Waals surface area contributed by atoms with Crippen molar-refractivity contribution >= 4 is 17.4 Å². The van der Waals surface area contributed by atoms with E-state index in [4.69, 9.17) is 14.9 Å². The molecule has 0 unspecified atom stereocenters. The molecule has 2 N–H and O–H groups in total. The average molecular weight is 362 g/mol. The van der Waals surface area contributed by atoms with E-state index in [0.717, 1.165) is 24.5 Å². The highest BCUT2D eigenvalue weighted by molar-refractivity contribution is 5.60. The molecule has 0 radical (unpaired) electrons. The van der Waals surface area contributed by atoms with Crippen LogP contribution in [0.25, 0.3) is 17.2 Å². The van der Waals surface area contributed by atoms with Crippen molar-refractivity contribution in [1.82, 2.24) is 19.6 Å². The van der Waals surface area contributed by atoms with Crippen LogP contribution in [0, 0.1) is 0 Å². The van der Waals surface area contributed by atoms with Gasteiger partial charge < -0.3 is 19.8 Å². The summed E-state index contributed by atoms with van der Waals surface area (Å²) < 4.78 is 12.4. The van der Waals surface area contributed by atoms with Crippen LogP contribution >= 0.6 is 0 Å². The second-order valence-corrected chi connectivity index (χ2v) is 6.42. The molecule has 4 aromatic rings. The molecule has 0 saturated heterocycles. The predicted octanol–water partition coefficient (Wildman–Crippen LogP) is 2.54. The Kier molecular flexibility index (Phi) is 3.49. The maximum atomic E-state index is 6.15. The van der Waals surface area contributed by atoms with E-state index in [0.29, 0.717) is 29.7 Å². The third-order valence-electron chi connectivity index (χ3n) is 4.85. The number of furan rings is 1. The van der Waals surface area contributed by atoms with Gasteiger partial charge in [0, 0.05) is 24.7 Å². The van der Waals surface area contributed by atoms with Gasteiger partial charge in [-0.3, -0.25) is 0 Å². The topological polar surface area (TPSA) is 94.7 Å². The van der Waals surface area contributed by atoms with Gasteiger partial charge in [-0.25, -0.2) is 4.98 Å². The molecule has 0 bridgehead atoms. The number of hydrogen-bond donors (Lipinski definition) is 1. The van der Waals surface area contributed by atoms with Gasteiger partial charge in [-0.15, -0.1) is 5.10 Å². The zero-order valence-electron chi connectivity index (χ0n) is 14.8. The summed E-state index contributed by atoms with van der Waals surface area (Å²) in [5, 5.41) is 4.39. The number of nitrogens with two attached hydrogens (primary N) is 1. The van der Waals surface area contributed by atoms with Gasteiger partial charge in [-0.2, -0.15) is 9.50 Å². The second-order valence-electron chi connectivity index (χ2n) is 6.42. The minimum atomic E-state index is 0.290. The molecule has 1 aliphatic rings. The smallest absolute Gasteiger partial charge is 0.225 e. The summed E-state index contributed by atoms with van der Waals surface area (Å²) in [5.41, 5.74) is 9.27. The summed E-state index contributed by atoms with van der Waals surface area (Å²) in [6, 6.07) is 11.7. The number of ether oxygens (including phenoxy) is 1. The molecule has 8 nitrogen and oxygen atoms in total. The Morgan fingerprint density at radius 1 is 1.19 bits per heavy atom. The predicted molar refractivity (Wildman–Crippen MR) is 101 cm³/mol. The Bertz CT molecular complexity index is 1100. The Labute approximate surface area is 155 Å². The van der Waals surface area contributed by atoms with E-state index < -0.39 is 0 Å². The molecule has 136 valence electrons. The van der Waals surface area contributed by atoms with E-state index in [1.807, 2.05) is 24.3 Å². The Balaban J connectivity index is 1.54. The summed E-state index contributed by atoms with van der Waals surface area (Å²) in [4.78, 5) is 11.3. The molecule has 0 spiro atoms. The quantitative estimate of drug-likeness (QED) is 0.598. The monoisotopic (exact) mass is 362 g/mol. The molecule has 0 saturated carbocycles. The number of nitrogens with zero attached hydrogens (tertiary/aromatic N) is 5. The van der Waals surface area contributed by atoms with Crippen LogP contribution < -0.4 is 15.4 Å². The third kappa shape index (κ3) is 2.57. The van der Waals surface area contributed by atoms with Crippen molar-refractivity contribution in [3.63, 3.8) is 0 Å². The lowest BCUT2D eigenvalue weighted by molar-refractivity contribution is 0.407. The van der Waals surface area contributed by atoms with Crippen molar-refractivity contribution in [2.75, 3.05) is 24.3 Å².